The Hall–Kier alpha value is -0.120. The van der Waals surface area contributed by atoms with Crippen molar-refractivity contribution >= 4 is 0 Å². The second kappa shape index (κ2) is 6.33. The van der Waals surface area contributed by atoms with Crippen molar-refractivity contribution in [2.75, 3.05) is 39.8 Å². The molecule has 0 aromatic carbocycles. The van der Waals surface area contributed by atoms with Gasteiger partial charge in [-0.25, -0.2) is 0 Å². The molecule has 0 bridgehead atoms. The molecular weight excluding hydrogens is 246 g/mol. The van der Waals surface area contributed by atoms with Crippen LogP contribution in [0, 0.1) is 5.41 Å². The van der Waals surface area contributed by atoms with E-state index in [-0.39, 0.29) is 0 Å². The van der Waals surface area contributed by atoms with Crippen LogP contribution in [0.3, 0.4) is 0 Å². The molecule has 2 saturated heterocycles. The lowest BCUT2D eigenvalue weighted by Gasteiger charge is -2.49. The molecule has 2 atom stereocenters. The Morgan fingerprint density at radius 3 is 2.65 bits per heavy atom. The van der Waals surface area contributed by atoms with Crippen LogP contribution in [0.4, 0.5) is 0 Å². The smallest absolute Gasteiger partial charge is 0.0223 e. The summed E-state index contributed by atoms with van der Waals surface area (Å²) < 4.78 is 0. The summed E-state index contributed by atoms with van der Waals surface area (Å²) in [6.07, 6.45) is 10.1. The minimum absolute atomic E-state index is 0.569. The highest BCUT2D eigenvalue weighted by molar-refractivity contribution is 4.95. The maximum absolute atomic E-state index is 3.47. The maximum atomic E-state index is 3.47. The molecule has 0 radical (unpaired) electrons. The van der Waals surface area contributed by atoms with Crippen molar-refractivity contribution in [1.82, 2.24) is 15.1 Å². The number of piperazine rings is 1. The van der Waals surface area contributed by atoms with Crippen LogP contribution in [0.15, 0.2) is 0 Å². The molecule has 1 saturated carbocycles. The predicted molar refractivity (Wildman–Crippen MR) is 85.1 cm³/mol. The Morgan fingerprint density at radius 2 is 1.90 bits per heavy atom. The minimum atomic E-state index is 0.569. The zero-order valence-electron chi connectivity index (χ0n) is 13.5. The van der Waals surface area contributed by atoms with Gasteiger partial charge in [-0.2, -0.15) is 0 Å². The van der Waals surface area contributed by atoms with E-state index >= 15 is 0 Å². The number of fused-ring (bicyclic) bond motifs is 1. The van der Waals surface area contributed by atoms with Crippen molar-refractivity contribution < 1.29 is 0 Å². The maximum Gasteiger partial charge on any atom is 0.0223 e. The highest BCUT2D eigenvalue weighted by Gasteiger charge is 2.39. The van der Waals surface area contributed by atoms with Gasteiger partial charge in [0.1, 0.15) is 0 Å². The van der Waals surface area contributed by atoms with Crippen LogP contribution in [0.1, 0.15) is 51.9 Å². The van der Waals surface area contributed by atoms with E-state index in [1.807, 2.05) is 0 Å². The van der Waals surface area contributed by atoms with Gasteiger partial charge in [0.2, 0.25) is 0 Å². The largest absolute Gasteiger partial charge is 0.319 e. The molecule has 0 aromatic heterocycles. The lowest BCUT2D eigenvalue weighted by Crippen LogP contribution is -2.60. The van der Waals surface area contributed by atoms with E-state index in [4.69, 9.17) is 0 Å². The second-order valence-electron chi connectivity index (χ2n) is 7.66. The van der Waals surface area contributed by atoms with Crippen LogP contribution in [-0.2, 0) is 0 Å². The van der Waals surface area contributed by atoms with Crippen LogP contribution in [0.2, 0.25) is 0 Å². The van der Waals surface area contributed by atoms with Gasteiger partial charge in [-0.1, -0.05) is 19.3 Å². The van der Waals surface area contributed by atoms with Crippen molar-refractivity contribution in [3.05, 3.63) is 0 Å². The molecule has 116 valence electrons. The molecule has 2 aliphatic heterocycles. The molecule has 0 aromatic rings. The molecular formula is C17H33N3. The first kappa shape index (κ1) is 14.8. The standard InChI is InChI=1S/C17H33N3/c1-15-11-19-10-6-3-7-16(19)12-20(15)14-17(13-18-2)8-4-5-9-17/h15-16,18H,3-14H2,1-2H3. The topological polar surface area (TPSA) is 18.5 Å². The Labute approximate surface area is 125 Å². The SMILES string of the molecule is CNCC1(CN2CC3CCCCN3CC2C)CCCC1. The van der Waals surface area contributed by atoms with Crippen molar-refractivity contribution in [1.29, 1.82) is 0 Å². The molecule has 2 heterocycles. The monoisotopic (exact) mass is 279 g/mol. The summed E-state index contributed by atoms with van der Waals surface area (Å²) in [5.41, 5.74) is 0.569. The molecule has 0 amide bonds. The Balaban J connectivity index is 1.63. The molecule has 3 rings (SSSR count). The summed E-state index contributed by atoms with van der Waals surface area (Å²) in [5, 5.41) is 3.47. The first-order valence-electron chi connectivity index (χ1n) is 8.85. The fraction of sp³-hybridized carbons (Fsp3) is 1.00. The van der Waals surface area contributed by atoms with E-state index in [0.717, 1.165) is 12.1 Å². The van der Waals surface area contributed by atoms with Gasteiger partial charge in [0.05, 0.1) is 0 Å². The van der Waals surface area contributed by atoms with E-state index < -0.39 is 0 Å². The summed E-state index contributed by atoms with van der Waals surface area (Å²) in [4.78, 5) is 5.60. The van der Waals surface area contributed by atoms with Gasteiger partial charge in [0.25, 0.3) is 0 Å². The molecule has 1 N–H and O–H groups in total. The first-order chi connectivity index (χ1) is 9.72. The van der Waals surface area contributed by atoms with Crippen molar-refractivity contribution in [3.63, 3.8) is 0 Å². The fourth-order valence-corrected chi connectivity index (χ4v) is 4.95. The van der Waals surface area contributed by atoms with Gasteiger partial charge in [-0.05, 0) is 51.6 Å². The van der Waals surface area contributed by atoms with Crippen molar-refractivity contribution in [3.8, 4) is 0 Å². The van der Waals surface area contributed by atoms with Crippen LogP contribution < -0.4 is 5.32 Å². The second-order valence-corrected chi connectivity index (χ2v) is 7.66. The number of nitrogens with one attached hydrogen (secondary N) is 1. The van der Waals surface area contributed by atoms with Crippen LogP contribution in [0.5, 0.6) is 0 Å². The van der Waals surface area contributed by atoms with E-state index in [1.165, 1.54) is 77.7 Å². The lowest BCUT2D eigenvalue weighted by molar-refractivity contribution is -0.00615. The Kier molecular flexibility index (Phi) is 4.68. The van der Waals surface area contributed by atoms with Crippen LogP contribution in [0.25, 0.3) is 0 Å². The molecule has 3 heteroatoms. The summed E-state index contributed by atoms with van der Waals surface area (Å²) in [5.74, 6) is 0. The number of hydrogen-bond acceptors (Lipinski definition) is 3. The summed E-state index contributed by atoms with van der Waals surface area (Å²) in [6, 6.07) is 1.60. The molecule has 3 aliphatic rings. The third kappa shape index (κ3) is 3.05. The zero-order valence-corrected chi connectivity index (χ0v) is 13.5. The summed E-state index contributed by atoms with van der Waals surface area (Å²) >= 11 is 0. The quantitative estimate of drug-likeness (QED) is 0.852. The zero-order chi connectivity index (χ0) is 14.0. The van der Waals surface area contributed by atoms with E-state index in [1.54, 1.807) is 0 Å². The van der Waals surface area contributed by atoms with Gasteiger partial charge in [-0.3, -0.25) is 9.80 Å². The molecule has 20 heavy (non-hydrogen) atoms. The van der Waals surface area contributed by atoms with Gasteiger partial charge >= 0.3 is 0 Å². The average Bonchev–Trinajstić information content (AvgIpc) is 2.88. The van der Waals surface area contributed by atoms with E-state index in [9.17, 15) is 0 Å². The molecule has 3 fully saturated rings. The Bertz CT molecular complexity index is 311. The number of piperidine rings is 1. The molecule has 1 aliphatic carbocycles. The first-order valence-corrected chi connectivity index (χ1v) is 8.85. The fourth-order valence-electron chi connectivity index (χ4n) is 4.95. The predicted octanol–water partition coefficient (Wildman–Crippen LogP) is 2.32. The number of rotatable bonds is 4. The molecule has 2 unspecified atom stereocenters. The molecule has 3 nitrogen and oxygen atoms in total. The van der Waals surface area contributed by atoms with E-state index in [2.05, 4.69) is 29.1 Å². The average molecular weight is 279 g/mol. The third-order valence-corrected chi connectivity index (χ3v) is 6.07. The van der Waals surface area contributed by atoms with Gasteiger partial charge < -0.3 is 5.32 Å². The number of nitrogens with zero attached hydrogens (tertiary/aromatic N) is 2. The minimum Gasteiger partial charge on any atom is -0.319 e. The lowest BCUT2D eigenvalue weighted by atomic mass is 9.84. The van der Waals surface area contributed by atoms with Crippen molar-refractivity contribution in [2.45, 2.75) is 64.0 Å². The van der Waals surface area contributed by atoms with Crippen molar-refractivity contribution in [2.24, 2.45) is 5.41 Å². The van der Waals surface area contributed by atoms with E-state index in [0.29, 0.717) is 5.41 Å². The summed E-state index contributed by atoms with van der Waals surface area (Å²) in [7, 11) is 2.13. The van der Waals surface area contributed by atoms with Crippen LogP contribution >= 0.6 is 0 Å². The highest BCUT2D eigenvalue weighted by Crippen LogP contribution is 2.39. The highest BCUT2D eigenvalue weighted by atomic mass is 15.3. The third-order valence-electron chi connectivity index (χ3n) is 6.07. The van der Waals surface area contributed by atoms with Crippen LogP contribution in [-0.4, -0.2) is 61.7 Å². The number of hydrogen-bond donors (Lipinski definition) is 1. The van der Waals surface area contributed by atoms with Gasteiger partial charge in [0.15, 0.2) is 0 Å². The summed E-state index contributed by atoms with van der Waals surface area (Å²) in [6.45, 7) is 8.98. The molecule has 0 spiro atoms. The van der Waals surface area contributed by atoms with Gasteiger partial charge in [-0.15, -0.1) is 0 Å². The van der Waals surface area contributed by atoms with Gasteiger partial charge in [0, 0.05) is 38.3 Å². The normalized spacial score (nSPS) is 35.1. The Morgan fingerprint density at radius 1 is 1.10 bits per heavy atom.